The molecule has 4 aromatic heterocycles. The number of pyridine rings is 2. The molecule has 27 heteroatoms. The third-order valence-electron chi connectivity index (χ3n) is 16.6. The monoisotopic (exact) mass is 1120 g/mol. The van der Waals surface area contributed by atoms with Crippen LogP contribution in [0.5, 0.6) is 0 Å². The van der Waals surface area contributed by atoms with E-state index >= 15 is 0 Å². The molecule has 2 N–H and O–H groups in total. The number of morpholine rings is 4. The van der Waals surface area contributed by atoms with Crippen molar-refractivity contribution in [3.05, 3.63) is 40.9 Å². The summed E-state index contributed by atoms with van der Waals surface area (Å²) < 4.78 is 89.0. The number of rotatable bonds is 10. The average molecular weight is 1120 g/mol. The SMILES string of the molecule is C.CN(C)C=Nc1cc(C(F)F)c(B2OC(C)(C)C(C)(C)O2)cn1.Clc1nc(N2C3CCC2COC3)nc(N2C3CCC2COC3)n1.Nc1cc(C(F)F)c(-c2nc(N3C4CCC3COC4)nc(N3C4CCC3COC4)n2)cn1. The maximum atomic E-state index is 13.9. The number of nitrogens with two attached hydrogens (primary N) is 1. The Bertz CT molecular complexity index is 2660. The molecule has 21 nitrogen and oxygen atoms in total. The Morgan fingerprint density at radius 3 is 1.34 bits per heavy atom. The van der Waals surface area contributed by atoms with E-state index in [0.717, 1.165) is 77.8 Å². The summed E-state index contributed by atoms with van der Waals surface area (Å²) in [5, 5.41) is 0.279. The number of alkyl halides is 4. The highest BCUT2D eigenvalue weighted by atomic mass is 35.5. The largest absolute Gasteiger partial charge is 0.496 e. The Kier molecular flexibility index (Phi) is 16.7. The van der Waals surface area contributed by atoms with Gasteiger partial charge in [-0.2, -0.15) is 29.9 Å². The van der Waals surface area contributed by atoms with Gasteiger partial charge in [0, 0.05) is 48.6 Å². The Labute approximate surface area is 463 Å². The zero-order valence-corrected chi connectivity index (χ0v) is 45.5. The first kappa shape index (κ1) is 56.9. The number of anilines is 5. The van der Waals surface area contributed by atoms with Gasteiger partial charge in [0.25, 0.3) is 12.9 Å². The van der Waals surface area contributed by atoms with E-state index in [-0.39, 0.29) is 76.5 Å². The van der Waals surface area contributed by atoms with E-state index in [9.17, 15) is 17.6 Å². The lowest BCUT2D eigenvalue weighted by Gasteiger charge is -2.37. The standard InChI is InChI=1S/C21H25F2N7O2.C15H22BF2N3O2.C15H20ClN5O2.CH4/c22-18(23)15-5-17(24)25-6-16(15)19-26-20(29-11-1-2-12(29)8-31-7-11)28-21(27-19)30-13-3-4-14(30)10-32-9-13;1-14(2)15(3,4)23-16(22-14)11-8-19-12(20-9-21(5)6)7-10(11)13(17)18;16-13-17-14(20-9-1-2-10(20)6-22-5-9)19-15(18-13)21-11-3-4-12(21)8-23-7-11;/h5-6,11-14,18H,1-4,7-10H2,(H2,24,25);7-9,13H,1-6H3;9-12H,1-8H2;1H4. The molecule has 428 valence electrons. The lowest BCUT2D eigenvalue weighted by Crippen LogP contribution is -2.48. The van der Waals surface area contributed by atoms with Gasteiger partial charge in [0.2, 0.25) is 29.1 Å². The van der Waals surface area contributed by atoms with Crippen LogP contribution in [0.3, 0.4) is 0 Å². The zero-order valence-electron chi connectivity index (χ0n) is 44.7. The fourth-order valence-corrected chi connectivity index (χ4v) is 12.2. The molecule has 0 radical (unpaired) electrons. The number of aliphatic imine (C=N–C) groups is 1. The normalized spacial score (nSPS) is 28.0. The first-order valence-electron chi connectivity index (χ1n) is 26.9. The van der Waals surface area contributed by atoms with Gasteiger partial charge in [-0.1, -0.05) is 7.43 Å². The Morgan fingerprint density at radius 2 is 0.975 bits per heavy atom. The molecule has 8 unspecified atom stereocenters. The fraction of sp³-hybridized carbons (Fsp3) is 0.673. The molecule has 9 aliphatic rings. The van der Waals surface area contributed by atoms with Crippen molar-refractivity contribution >= 4 is 65.9 Å². The van der Waals surface area contributed by atoms with Gasteiger partial charge in [-0.15, -0.1) is 0 Å². The minimum absolute atomic E-state index is 0. The predicted octanol–water partition coefficient (Wildman–Crippen LogP) is 6.62. The molecule has 8 atom stereocenters. The van der Waals surface area contributed by atoms with Crippen LogP contribution in [0.25, 0.3) is 11.4 Å². The van der Waals surface area contributed by atoms with Gasteiger partial charge < -0.3 is 58.5 Å². The van der Waals surface area contributed by atoms with Crippen LogP contribution in [0.15, 0.2) is 29.5 Å². The molecule has 0 spiro atoms. The van der Waals surface area contributed by atoms with Crippen molar-refractivity contribution in [1.29, 1.82) is 0 Å². The van der Waals surface area contributed by atoms with Crippen LogP contribution >= 0.6 is 11.6 Å². The second-order valence-electron chi connectivity index (χ2n) is 22.5. The lowest BCUT2D eigenvalue weighted by atomic mass is 9.77. The van der Waals surface area contributed by atoms with E-state index in [1.54, 1.807) is 19.0 Å². The molecule has 9 saturated heterocycles. The molecule has 13 heterocycles. The van der Waals surface area contributed by atoms with E-state index in [2.05, 4.69) is 54.5 Å². The summed E-state index contributed by atoms with van der Waals surface area (Å²) in [6.07, 6.45) is 7.31. The summed E-state index contributed by atoms with van der Waals surface area (Å²) in [5.41, 5.74) is 4.50. The number of nitrogens with zero attached hydrogens (tertiary/aromatic N) is 14. The molecule has 0 aromatic carbocycles. The van der Waals surface area contributed by atoms with E-state index in [0.29, 0.717) is 74.4 Å². The number of hydrogen-bond acceptors (Lipinski definition) is 20. The molecule has 8 bridgehead atoms. The van der Waals surface area contributed by atoms with E-state index < -0.39 is 31.2 Å². The zero-order chi connectivity index (χ0) is 54.6. The number of halogens is 5. The summed E-state index contributed by atoms with van der Waals surface area (Å²) in [5.74, 6) is 2.91. The summed E-state index contributed by atoms with van der Waals surface area (Å²) in [6.45, 7) is 12.9. The Morgan fingerprint density at radius 1 is 0.595 bits per heavy atom. The number of fused-ring (bicyclic) bond motifs is 8. The van der Waals surface area contributed by atoms with Crippen molar-refractivity contribution in [3.8, 4) is 11.4 Å². The van der Waals surface area contributed by atoms with Crippen LogP contribution in [-0.4, -0.2) is 185 Å². The fourth-order valence-electron chi connectivity index (χ4n) is 12.0. The smallest absolute Gasteiger partial charge is 0.399 e. The number of nitrogen functional groups attached to an aromatic ring is 1. The van der Waals surface area contributed by atoms with Crippen molar-refractivity contribution in [1.82, 2.24) is 44.8 Å². The molecule has 0 saturated carbocycles. The second-order valence-corrected chi connectivity index (χ2v) is 22.9. The minimum atomic E-state index is -2.72. The maximum absolute atomic E-state index is 13.9. The quantitative estimate of drug-likeness (QED) is 0.0764. The highest BCUT2D eigenvalue weighted by Crippen LogP contribution is 2.41. The second kappa shape index (κ2) is 23.2. The van der Waals surface area contributed by atoms with Crippen LogP contribution in [0.4, 0.5) is 53.0 Å². The van der Waals surface area contributed by atoms with Gasteiger partial charge in [-0.25, -0.2) is 32.5 Å². The highest BCUT2D eigenvalue weighted by molar-refractivity contribution is 6.62. The maximum Gasteiger partial charge on any atom is 0.496 e. The molecule has 13 rings (SSSR count). The summed E-state index contributed by atoms with van der Waals surface area (Å²) in [4.78, 5) is 50.7. The molecular formula is C52H71BClF4N15O6. The van der Waals surface area contributed by atoms with Gasteiger partial charge in [0.1, 0.15) is 5.82 Å². The summed E-state index contributed by atoms with van der Waals surface area (Å²) in [6, 6.07) is 4.63. The molecule has 9 aliphatic heterocycles. The van der Waals surface area contributed by atoms with Crippen molar-refractivity contribution in [3.63, 3.8) is 0 Å². The summed E-state index contributed by atoms with van der Waals surface area (Å²) >= 11 is 6.24. The molecule has 79 heavy (non-hydrogen) atoms. The topological polar surface area (TPSA) is 213 Å². The van der Waals surface area contributed by atoms with Gasteiger partial charge >= 0.3 is 7.12 Å². The van der Waals surface area contributed by atoms with E-state index in [4.69, 9.17) is 55.6 Å². The van der Waals surface area contributed by atoms with Crippen molar-refractivity contribution < 1.29 is 45.8 Å². The number of ether oxygens (including phenoxy) is 4. The number of hydrogen-bond donors (Lipinski definition) is 1. The Balaban J connectivity index is 0.000000136. The number of aromatic nitrogens is 8. The van der Waals surface area contributed by atoms with Gasteiger partial charge in [-0.3, -0.25) is 0 Å². The van der Waals surface area contributed by atoms with Crippen LogP contribution in [0.1, 0.15) is 110 Å². The first-order chi connectivity index (χ1) is 37.4. The van der Waals surface area contributed by atoms with Crippen molar-refractivity contribution in [2.45, 2.75) is 159 Å². The Hall–Kier alpha value is -5.38. The molecular weight excluding hydrogens is 1050 g/mol. The molecule has 9 fully saturated rings. The van der Waals surface area contributed by atoms with Crippen LogP contribution < -0.4 is 30.8 Å². The van der Waals surface area contributed by atoms with Crippen molar-refractivity contribution in [2.24, 2.45) is 4.99 Å². The van der Waals surface area contributed by atoms with E-state index in [1.165, 1.54) is 30.9 Å². The average Bonchev–Trinajstić information content (AvgIpc) is 4.33. The third kappa shape index (κ3) is 11.6. The highest BCUT2D eigenvalue weighted by Gasteiger charge is 2.53. The first-order valence-corrected chi connectivity index (χ1v) is 27.3. The lowest BCUT2D eigenvalue weighted by molar-refractivity contribution is 0.00578. The predicted molar refractivity (Wildman–Crippen MR) is 291 cm³/mol. The van der Waals surface area contributed by atoms with Crippen LogP contribution in [0, 0.1) is 0 Å². The van der Waals surface area contributed by atoms with Gasteiger partial charge in [-0.05, 0) is 103 Å². The molecule has 4 aromatic rings. The molecule has 0 amide bonds. The van der Waals surface area contributed by atoms with Crippen LogP contribution in [0.2, 0.25) is 5.28 Å². The summed E-state index contributed by atoms with van der Waals surface area (Å²) in [7, 11) is 2.70. The minimum Gasteiger partial charge on any atom is -0.399 e. The van der Waals surface area contributed by atoms with Gasteiger partial charge in [0.15, 0.2) is 11.6 Å². The van der Waals surface area contributed by atoms with E-state index in [1.807, 2.05) is 27.7 Å². The van der Waals surface area contributed by atoms with Crippen molar-refractivity contribution in [2.75, 3.05) is 92.3 Å². The van der Waals surface area contributed by atoms with Gasteiger partial charge in [0.05, 0.1) is 119 Å². The third-order valence-corrected chi connectivity index (χ3v) is 16.8. The van der Waals surface area contributed by atoms with Crippen LogP contribution in [-0.2, 0) is 28.3 Å². The molecule has 0 aliphatic carbocycles.